The van der Waals surface area contributed by atoms with Crippen molar-refractivity contribution in [1.82, 2.24) is 9.97 Å². The third-order valence-corrected chi connectivity index (χ3v) is 3.66. The van der Waals surface area contributed by atoms with Gasteiger partial charge in [0, 0.05) is 24.5 Å². The number of aromatic nitrogens is 2. The standard InChI is InChI=1S/C16H21N3O/c1-11(2)15-18-14-8-4-3-7-13(14)16(19-15)17-10-12-6-5-9-20-12/h3-4,7-8,11-12H,5-6,9-10H2,1-2H3,(H,17,18,19). The van der Waals surface area contributed by atoms with Gasteiger partial charge in [0.15, 0.2) is 0 Å². The number of nitrogens with zero attached hydrogens (tertiary/aromatic N) is 2. The Hall–Kier alpha value is -1.68. The van der Waals surface area contributed by atoms with E-state index >= 15 is 0 Å². The lowest BCUT2D eigenvalue weighted by Gasteiger charge is -2.14. The molecular formula is C16H21N3O. The van der Waals surface area contributed by atoms with E-state index in [1.54, 1.807) is 0 Å². The summed E-state index contributed by atoms with van der Waals surface area (Å²) in [5.41, 5.74) is 1.00. The topological polar surface area (TPSA) is 47.0 Å². The maximum atomic E-state index is 5.66. The molecule has 1 aromatic heterocycles. The summed E-state index contributed by atoms with van der Waals surface area (Å²) in [5, 5.41) is 4.53. The van der Waals surface area contributed by atoms with Crippen LogP contribution in [0.2, 0.25) is 0 Å². The molecule has 3 rings (SSSR count). The molecule has 4 nitrogen and oxygen atoms in total. The predicted molar refractivity (Wildman–Crippen MR) is 81.1 cm³/mol. The molecular weight excluding hydrogens is 250 g/mol. The molecule has 0 radical (unpaired) electrons. The summed E-state index contributed by atoms with van der Waals surface area (Å²) in [7, 11) is 0. The molecule has 1 fully saturated rings. The molecule has 2 aromatic rings. The van der Waals surface area contributed by atoms with E-state index in [1.165, 1.54) is 0 Å². The summed E-state index contributed by atoms with van der Waals surface area (Å²) in [6.45, 7) is 5.94. The second kappa shape index (κ2) is 5.75. The zero-order valence-corrected chi connectivity index (χ0v) is 12.1. The summed E-state index contributed by atoms with van der Waals surface area (Å²) in [6.07, 6.45) is 2.60. The van der Waals surface area contributed by atoms with Crippen LogP contribution in [-0.4, -0.2) is 29.2 Å². The highest BCUT2D eigenvalue weighted by Crippen LogP contribution is 2.23. The van der Waals surface area contributed by atoms with Crippen LogP contribution in [0.3, 0.4) is 0 Å². The van der Waals surface area contributed by atoms with Gasteiger partial charge in [0.05, 0.1) is 11.6 Å². The minimum Gasteiger partial charge on any atom is -0.376 e. The van der Waals surface area contributed by atoms with E-state index < -0.39 is 0 Å². The van der Waals surface area contributed by atoms with Crippen LogP contribution in [0.5, 0.6) is 0 Å². The van der Waals surface area contributed by atoms with E-state index in [9.17, 15) is 0 Å². The van der Waals surface area contributed by atoms with Gasteiger partial charge in [-0.3, -0.25) is 0 Å². The van der Waals surface area contributed by atoms with Crippen LogP contribution in [-0.2, 0) is 4.74 Å². The van der Waals surface area contributed by atoms with Crippen LogP contribution >= 0.6 is 0 Å². The van der Waals surface area contributed by atoms with E-state index in [0.717, 1.165) is 48.5 Å². The van der Waals surface area contributed by atoms with Gasteiger partial charge < -0.3 is 10.1 Å². The lowest BCUT2D eigenvalue weighted by Crippen LogP contribution is -2.19. The summed E-state index contributed by atoms with van der Waals surface area (Å²) < 4.78 is 5.66. The second-order valence-electron chi connectivity index (χ2n) is 5.62. The van der Waals surface area contributed by atoms with Crippen molar-refractivity contribution >= 4 is 16.7 Å². The fraction of sp³-hybridized carbons (Fsp3) is 0.500. The number of hydrogen-bond donors (Lipinski definition) is 1. The molecule has 1 saturated heterocycles. The number of rotatable bonds is 4. The van der Waals surface area contributed by atoms with Crippen molar-refractivity contribution < 1.29 is 4.74 Å². The minimum atomic E-state index is 0.311. The van der Waals surface area contributed by atoms with Crippen LogP contribution in [0.25, 0.3) is 10.9 Å². The molecule has 1 atom stereocenters. The van der Waals surface area contributed by atoms with Crippen molar-refractivity contribution in [1.29, 1.82) is 0 Å². The lowest BCUT2D eigenvalue weighted by molar-refractivity contribution is 0.120. The normalized spacial score (nSPS) is 18.9. The van der Waals surface area contributed by atoms with Gasteiger partial charge in [0.25, 0.3) is 0 Å². The molecule has 4 heteroatoms. The highest BCUT2D eigenvalue weighted by Gasteiger charge is 2.16. The van der Waals surface area contributed by atoms with E-state index in [2.05, 4.69) is 35.2 Å². The first-order valence-electron chi connectivity index (χ1n) is 7.36. The van der Waals surface area contributed by atoms with Gasteiger partial charge in [0.1, 0.15) is 11.6 Å². The Morgan fingerprint density at radius 2 is 2.15 bits per heavy atom. The molecule has 0 aliphatic carbocycles. The van der Waals surface area contributed by atoms with Crippen LogP contribution in [0.1, 0.15) is 38.4 Å². The summed E-state index contributed by atoms with van der Waals surface area (Å²) >= 11 is 0. The van der Waals surface area contributed by atoms with Gasteiger partial charge in [-0.15, -0.1) is 0 Å². The third-order valence-electron chi connectivity index (χ3n) is 3.66. The highest BCUT2D eigenvalue weighted by molar-refractivity contribution is 5.89. The average molecular weight is 271 g/mol. The number of anilines is 1. The minimum absolute atomic E-state index is 0.311. The fourth-order valence-corrected chi connectivity index (χ4v) is 2.50. The zero-order chi connectivity index (χ0) is 13.9. The van der Waals surface area contributed by atoms with Crippen molar-refractivity contribution in [2.45, 2.75) is 38.7 Å². The zero-order valence-electron chi connectivity index (χ0n) is 12.1. The molecule has 1 aromatic carbocycles. The van der Waals surface area contributed by atoms with Crippen molar-refractivity contribution in [3.05, 3.63) is 30.1 Å². The number of nitrogens with one attached hydrogen (secondary N) is 1. The van der Waals surface area contributed by atoms with Crippen LogP contribution in [0, 0.1) is 0 Å². The van der Waals surface area contributed by atoms with E-state index in [-0.39, 0.29) is 0 Å². The second-order valence-corrected chi connectivity index (χ2v) is 5.62. The van der Waals surface area contributed by atoms with Crippen molar-refractivity contribution in [2.24, 2.45) is 0 Å². The Morgan fingerprint density at radius 1 is 1.30 bits per heavy atom. The van der Waals surface area contributed by atoms with Gasteiger partial charge in [-0.1, -0.05) is 26.0 Å². The monoisotopic (exact) mass is 271 g/mol. The van der Waals surface area contributed by atoms with Crippen LogP contribution in [0.4, 0.5) is 5.82 Å². The van der Waals surface area contributed by atoms with E-state index in [1.807, 2.05) is 18.2 Å². The lowest BCUT2D eigenvalue weighted by atomic mass is 10.1. The Balaban J connectivity index is 1.90. The quantitative estimate of drug-likeness (QED) is 0.926. The van der Waals surface area contributed by atoms with Gasteiger partial charge in [0.2, 0.25) is 0 Å². The molecule has 0 bridgehead atoms. The van der Waals surface area contributed by atoms with Crippen LogP contribution in [0.15, 0.2) is 24.3 Å². The smallest absolute Gasteiger partial charge is 0.137 e. The number of benzene rings is 1. The number of ether oxygens (including phenoxy) is 1. The fourth-order valence-electron chi connectivity index (χ4n) is 2.50. The van der Waals surface area contributed by atoms with Gasteiger partial charge in [-0.05, 0) is 25.0 Å². The molecule has 0 spiro atoms. The Bertz CT molecular complexity index is 591. The SMILES string of the molecule is CC(C)c1nc(NCC2CCCO2)c2ccccc2n1. The van der Waals surface area contributed by atoms with E-state index in [0.29, 0.717) is 12.0 Å². The van der Waals surface area contributed by atoms with Gasteiger partial charge in [-0.25, -0.2) is 9.97 Å². The molecule has 1 aliphatic heterocycles. The van der Waals surface area contributed by atoms with Crippen molar-refractivity contribution in [3.63, 3.8) is 0 Å². The number of fused-ring (bicyclic) bond motifs is 1. The number of para-hydroxylation sites is 1. The van der Waals surface area contributed by atoms with Crippen molar-refractivity contribution in [3.8, 4) is 0 Å². The Morgan fingerprint density at radius 3 is 2.90 bits per heavy atom. The molecule has 1 aliphatic rings. The largest absolute Gasteiger partial charge is 0.376 e. The molecule has 1 N–H and O–H groups in total. The third kappa shape index (κ3) is 2.75. The summed E-state index contributed by atoms with van der Waals surface area (Å²) in [4.78, 5) is 9.32. The molecule has 2 heterocycles. The molecule has 0 amide bonds. The first-order chi connectivity index (χ1) is 9.74. The number of hydrogen-bond acceptors (Lipinski definition) is 4. The van der Waals surface area contributed by atoms with Gasteiger partial charge in [-0.2, -0.15) is 0 Å². The Labute approximate surface area is 119 Å². The first-order valence-corrected chi connectivity index (χ1v) is 7.36. The predicted octanol–water partition coefficient (Wildman–Crippen LogP) is 3.34. The maximum Gasteiger partial charge on any atom is 0.137 e. The summed E-state index contributed by atoms with van der Waals surface area (Å²) in [5.74, 6) is 2.14. The van der Waals surface area contributed by atoms with Crippen LogP contribution < -0.4 is 5.32 Å². The molecule has 106 valence electrons. The first kappa shape index (κ1) is 13.3. The molecule has 1 unspecified atom stereocenters. The maximum absolute atomic E-state index is 5.66. The molecule has 20 heavy (non-hydrogen) atoms. The van der Waals surface area contributed by atoms with Crippen molar-refractivity contribution in [2.75, 3.05) is 18.5 Å². The average Bonchev–Trinajstić information content (AvgIpc) is 2.97. The Kier molecular flexibility index (Phi) is 3.83. The summed E-state index contributed by atoms with van der Waals surface area (Å²) in [6, 6.07) is 8.15. The highest BCUT2D eigenvalue weighted by atomic mass is 16.5. The molecule has 0 saturated carbocycles. The van der Waals surface area contributed by atoms with E-state index in [4.69, 9.17) is 4.74 Å². The van der Waals surface area contributed by atoms with Gasteiger partial charge >= 0.3 is 0 Å².